The van der Waals surface area contributed by atoms with Gasteiger partial charge in [-0.3, -0.25) is 0 Å². The first kappa shape index (κ1) is 12.6. The fraction of sp³-hybridized carbons (Fsp3) is 0.444. The molecule has 0 fully saturated rings. The van der Waals surface area contributed by atoms with E-state index in [-0.39, 0.29) is 5.82 Å². The predicted molar refractivity (Wildman–Crippen MR) is 54.1 cm³/mol. The standard InChI is InChI=1S/C9H10F3N5O/c1-8(13,9(10,11)12)7-15-6(16-18-7)5-3-14-4-17(5)2/h3-4H,13H2,1-2H3. The lowest BCUT2D eigenvalue weighted by Gasteiger charge is -2.22. The highest BCUT2D eigenvalue weighted by Gasteiger charge is 2.53. The largest absolute Gasteiger partial charge is 0.415 e. The third-order valence-electron chi connectivity index (χ3n) is 2.50. The molecule has 0 aliphatic heterocycles. The minimum absolute atomic E-state index is 0.00549. The smallest absolute Gasteiger partial charge is 0.336 e. The van der Waals surface area contributed by atoms with E-state index in [0.717, 1.165) is 6.92 Å². The second-order valence-corrected chi connectivity index (χ2v) is 4.01. The molecule has 2 rings (SSSR count). The molecule has 18 heavy (non-hydrogen) atoms. The van der Waals surface area contributed by atoms with Crippen LogP contribution in [0, 0.1) is 0 Å². The number of rotatable bonds is 2. The van der Waals surface area contributed by atoms with Crippen LogP contribution in [-0.2, 0) is 12.6 Å². The van der Waals surface area contributed by atoms with Gasteiger partial charge in [-0.25, -0.2) is 4.98 Å². The predicted octanol–water partition coefficient (Wildman–Crippen LogP) is 1.21. The number of alkyl halides is 3. The summed E-state index contributed by atoms with van der Waals surface area (Å²) < 4.78 is 44.2. The molecule has 0 aromatic carbocycles. The Hall–Kier alpha value is -1.90. The van der Waals surface area contributed by atoms with E-state index in [4.69, 9.17) is 5.73 Å². The van der Waals surface area contributed by atoms with Gasteiger partial charge in [-0.05, 0) is 6.92 Å². The average molecular weight is 261 g/mol. The van der Waals surface area contributed by atoms with Crippen molar-refractivity contribution >= 4 is 0 Å². The summed E-state index contributed by atoms with van der Waals surface area (Å²) in [5, 5.41) is 3.47. The molecule has 2 aromatic heterocycles. The van der Waals surface area contributed by atoms with E-state index in [1.807, 2.05) is 0 Å². The molecule has 0 aliphatic carbocycles. The Kier molecular flexibility index (Phi) is 2.65. The quantitative estimate of drug-likeness (QED) is 0.878. The van der Waals surface area contributed by atoms with Crippen LogP contribution in [-0.4, -0.2) is 25.9 Å². The molecule has 0 saturated carbocycles. The zero-order chi connectivity index (χ0) is 13.6. The van der Waals surface area contributed by atoms with Crippen LogP contribution in [0.1, 0.15) is 12.8 Å². The summed E-state index contributed by atoms with van der Waals surface area (Å²) in [7, 11) is 1.66. The molecule has 1 unspecified atom stereocenters. The van der Waals surface area contributed by atoms with E-state index in [1.165, 1.54) is 12.5 Å². The number of nitrogens with zero attached hydrogens (tertiary/aromatic N) is 4. The van der Waals surface area contributed by atoms with Crippen LogP contribution in [0.5, 0.6) is 0 Å². The van der Waals surface area contributed by atoms with Crippen LogP contribution in [0.3, 0.4) is 0 Å². The van der Waals surface area contributed by atoms with Crippen molar-refractivity contribution in [3.63, 3.8) is 0 Å². The normalized spacial score (nSPS) is 15.7. The van der Waals surface area contributed by atoms with Gasteiger partial charge in [0.2, 0.25) is 5.82 Å². The Bertz CT molecular complexity index is 557. The van der Waals surface area contributed by atoms with Crippen molar-refractivity contribution in [2.24, 2.45) is 12.8 Å². The second-order valence-electron chi connectivity index (χ2n) is 4.01. The molecule has 98 valence electrons. The molecule has 1 atom stereocenters. The van der Waals surface area contributed by atoms with Crippen molar-refractivity contribution in [3.05, 3.63) is 18.4 Å². The summed E-state index contributed by atoms with van der Waals surface area (Å²) in [5.74, 6) is -0.683. The zero-order valence-corrected chi connectivity index (χ0v) is 9.56. The SMILES string of the molecule is Cn1cncc1-c1noc(C(C)(N)C(F)(F)F)n1. The van der Waals surface area contributed by atoms with E-state index < -0.39 is 17.6 Å². The molecule has 2 heterocycles. The third kappa shape index (κ3) is 1.86. The molecule has 0 radical (unpaired) electrons. The maximum Gasteiger partial charge on any atom is 0.415 e. The minimum atomic E-state index is -4.68. The van der Waals surface area contributed by atoms with E-state index in [2.05, 4.69) is 19.6 Å². The number of nitrogens with two attached hydrogens (primary N) is 1. The fourth-order valence-electron chi connectivity index (χ4n) is 1.23. The summed E-state index contributed by atoms with van der Waals surface area (Å²) in [6, 6.07) is 0. The molecule has 0 aliphatic rings. The lowest BCUT2D eigenvalue weighted by atomic mass is 10.0. The minimum Gasteiger partial charge on any atom is -0.336 e. The molecular formula is C9H10F3N5O. The van der Waals surface area contributed by atoms with Crippen LogP contribution < -0.4 is 5.73 Å². The topological polar surface area (TPSA) is 82.8 Å². The van der Waals surface area contributed by atoms with Crippen molar-refractivity contribution in [3.8, 4) is 11.5 Å². The molecule has 2 N–H and O–H groups in total. The van der Waals surface area contributed by atoms with Crippen molar-refractivity contribution in [1.29, 1.82) is 0 Å². The van der Waals surface area contributed by atoms with Crippen molar-refractivity contribution < 1.29 is 17.7 Å². The second kappa shape index (κ2) is 3.80. The lowest BCUT2D eigenvalue weighted by molar-refractivity contribution is -0.190. The van der Waals surface area contributed by atoms with Gasteiger partial charge in [0, 0.05) is 7.05 Å². The van der Waals surface area contributed by atoms with Crippen molar-refractivity contribution in [2.75, 3.05) is 0 Å². The van der Waals surface area contributed by atoms with E-state index in [0.29, 0.717) is 5.69 Å². The van der Waals surface area contributed by atoms with E-state index in [1.54, 1.807) is 11.6 Å². The Labute approximate surface area is 99.6 Å². The van der Waals surface area contributed by atoms with E-state index in [9.17, 15) is 13.2 Å². The van der Waals surface area contributed by atoms with Crippen LogP contribution in [0.15, 0.2) is 17.0 Å². The summed E-state index contributed by atoms with van der Waals surface area (Å²) >= 11 is 0. The summed E-state index contributed by atoms with van der Waals surface area (Å²) in [5.41, 5.74) is 2.93. The van der Waals surface area contributed by atoms with Gasteiger partial charge < -0.3 is 14.8 Å². The molecule has 6 nitrogen and oxygen atoms in total. The van der Waals surface area contributed by atoms with Gasteiger partial charge >= 0.3 is 6.18 Å². The molecule has 0 bridgehead atoms. The molecular weight excluding hydrogens is 251 g/mol. The summed E-state index contributed by atoms with van der Waals surface area (Å²) in [6.07, 6.45) is -1.80. The number of aryl methyl sites for hydroxylation is 1. The Morgan fingerprint density at radius 1 is 1.39 bits per heavy atom. The monoisotopic (exact) mass is 261 g/mol. The van der Waals surface area contributed by atoms with Gasteiger partial charge in [-0.15, -0.1) is 0 Å². The van der Waals surface area contributed by atoms with Crippen LogP contribution in [0.25, 0.3) is 11.5 Å². The summed E-state index contributed by atoms with van der Waals surface area (Å²) in [4.78, 5) is 7.47. The number of hydrogen-bond donors (Lipinski definition) is 1. The molecule has 0 amide bonds. The number of aromatic nitrogens is 4. The first-order chi connectivity index (χ1) is 8.23. The van der Waals surface area contributed by atoms with Gasteiger partial charge in [0.25, 0.3) is 5.89 Å². The van der Waals surface area contributed by atoms with Gasteiger partial charge in [0.1, 0.15) is 5.69 Å². The zero-order valence-electron chi connectivity index (χ0n) is 9.56. The highest BCUT2D eigenvalue weighted by Crippen LogP contribution is 2.35. The molecule has 0 saturated heterocycles. The number of halogens is 3. The highest BCUT2D eigenvalue weighted by molar-refractivity contribution is 5.47. The summed E-state index contributed by atoms with van der Waals surface area (Å²) in [6.45, 7) is 0.771. The highest BCUT2D eigenvalue weighted by atomic mass is 19.4. The van der Waals surface area contributed by atoms with Gasteiger partial charge in [0.05, 0.1) is 12.5 Å². The first-order valence-corrected chi connectivity index (χ1v) is 4.90. The maximum absolute atomic E-state index is 12.7. The first-order valence-electron chi connectivity index (χ1n) is 4.90. The van der Waals surface area contributed by atoms with E-state index >= 15 is 0 Å². The van der Waals surface area contributed by atoms with Gasteiger partial charge in [-0.1, -0.05) is 5.16 Å². The maximum atomic E-state index is 12.7. The van der Waals surface area contributed by atoms with Gasteiger partial charge in [-0.2, -0.15) is 18.2 Å². The number of hydrogen-bond acceptors (Lipinski definition) is 5. The molecule has 9 heteroatoms. The third-order valence-corrected chi connectivity index (χ3v) is 2.50. The Morgan fingerprint density at radius 3 is 2.56 bits per heavy atom. The fourth-order valence-corrected chi connectivity index (χ4v) is 1.23. The Morgan fingerprint density at radius 2 is 2.06 bits per heavy atom. The number of imidazole rings is 1. The van der Waals surface area contributed by atoms with Crippen LogP contribution >= 0.6 is 0 Å². The van der Waals surface area contributed by atoms with Crippen LogP contribution in [0.2, 0.25) is 0 Å². The molecule has 0 spiro atoms. The lowest BCUT2D eigenvalue weighted by Crippen LogP contribution is -2.48. The average Bonchev–Trinajstić information content (AvgIpc) is 2.83. The van der Waals surface area contributed by atoms with Crippen molar-refractivity contribution in [2.45, 2.75) is 18.6 Å². The Balaban J connectivity index is 2.41. The molecule has 2 aromatic rings. The van der Waals surface area contributed by atoms with Crippen molar-refractivity contribution in [1.82, 2.24) is 19.7 Å². The van der Waals surface area contributed by atoms with Crippen LogP contribution in [0.4, 0.5) is 13.2 Å². The van der Waals surface area contributed by atoms with Gasteiger partial charge in [0.15, 0.2) is 5.54 Å².